The zero-order chi connectivity index (χ0) is 18.4. The van der Waals surface area contributed by atoms with Crippen LogP contribution in [-0.4, -0.2) is 32.2 Å². The number of unbranched alkanes of at least 4 members (excludes halogenated alkanes) is 1. The zero-order valence-corrected chi connectivity index (χ0v) is 15.6. The molecule has 0 atom stereocenters. The molecule has 25 heavy (non-hydrogen) atoms. The summed E-state index contributed by atoms with van der Waals surface area (Å²) in [5.74, 6) is -0.271. The second-order valence-corrected chi connectivity index (χ2v) is 8.07. The van der Waals surface area contributed by atoms with Gasteiger partial charge in [0.2, 0.25) is 10.0 Å². The number of hydrogen-bond donors (Lipinski definition) is 1. The summed E-state index contributed by atoms with van der Waals surface area (Å²) in [6, 6.07) is 13.5. The first kappa shape index (κ1) is 19.1. The molecule has 2 aromatic rings. The van der Waals surface area contributed by atoms with Gasteiger partial charge in [-0.3, -0.25) is 4.79 Å². The molecule has 0 aliphatic carbocycles. The Kier molecular flexibility index (Phi) is 6.33. The molecule has 0 aliphatic rings. The van der Waals surface area contributed by atoms with E-state index in [2.05, 4.69) is 5.32 Å². The van der Waals surface area contributed by atoms with Crippen LogP contribution in [0.1, 0.15) is 35.7 Å². The Morgan fingerprint density at radius 1 is 1.04 bits per heavy atom. The first-order valence-electron chi connectivity index (χ1n) is 8.29. The number of benzene rings is 2. The molecule has 0 aliphatic heterocycles. The summed E-state index contributed by atoms with van der Waals surface area (Å²) in [4.78, 5) is 12.5. The smallest absolute Gasteiger partial charge is 0.255 e. The number of aryl methyl sites for hydroxylation is 1. The maximum absolute atomic E-state index is 12.5. The topological polar surface area (TPSA) is 66.5 Å². The third kappa shape index (κ3) is 4.90. The van der Waals surface area contributed by atoms with E-state index in [1.165, 1.54) is 28.6 Å². The van der Waals surface area contributed by atoms with Gasteiger partial charge >= 0.3 is 0 Å². The third-order valence-corrected chi connectivity index (χ3v) is 5.83. The quantitative estimate of drug-likeness (QED) is 0.819. The molecule has 6 heteroatoms. The van der Waals surface area contributed by atoms with Gasteiger partial charge in [-0.25, -0.2) is 12.7 Å². The van der Waals surface area contributed by atoms with Crippen LogP contribution in [0.25, 0.3) is 0 Å². The number of nitrogens with zero attached hydrogens (tertiary/aromatic N) is 1. The predicted octanol–water partition coefficient (Wildman–Crippen LogP) is 3.67. The molecular weight excluding hydrogens is 336 g/mol. The molecule has 0 spiro atoms. The third-order valence-electron chi connectivity index (χ3n) is 3.96. The van der Waals surface area contributed by atoms with Crippen LogP contribution in [0.15, 0.2) is 53.4 Å². The van der Waals surface area contributed by atoms with Crippen molar-refractivity contribution in [3.63, 3.8) is 0 Å². The molecular formula is C19H24N2O3S. The van der Waals surface area contributed by atoms with E-state index in [0.29, 0.717) is 17.8 Å². The first-order chi connectivity index (χ1) is 11.8. The first-order valence-corrected chi connectivity index (χ1v) is 9.73. The maximum atomic E-state index is 12.5. The molecule has 0 aromatic heterocycles. The highest BCUT2D eigenvalue weighted by molar-refractivity contribution is 7.89. The van der Waals surface area contributed by atoms with E-state index in [9.17, 15) is 13.2 Å². The molecule has 2 aromatic carbocycles. The van der Waals surface area contributed by atoms with Gasteiger partial charge in [-0.05, 0) is 49.7 Å². The number of hydrogen-bond acceptors (Lipinski definition) is 3. The van der Waals surface area contributed by atoms with Crippen molar-refractivity contribution in [1.82, 2.24) is 4.31 Å². The monoisotopic (exact) mass is 360 g/mol. The summed E-state index contributed by atoms with van der Waals surface area (Å²) in [6.45, 7) is 4.47. The predicted molar refractivity (Wildman–Crippen MR) is 100 cm³/mol. The van der Waals surface area contributed by atoms with E-state index in [-0.39, 0.29) is 10.8 Å². The Labute approximate surface area is 149 Å². The van der Waals surface area contributed by atoms with Crippen molar-refractivity contribution in [2.75, 3.05) is 18.9 Å². The van der Waals surface area contributed by atoms with Crippen LogP contribution in [0.4, 0.5) is 5.69 Å². The Morgan fingerprint density at radius 2 is 1.64 bits per heavy atom. The number of amides is 1. The van der Waals surface area contributed by atoms with Crippen molar-refractivity contribution in [1.29, 1.82) is 0 Å². The van der Waals surface area contributed by atoms with Gasteiger partial charge in [-0.1, -0.05) is 31.0 Å². The lowest BCUT2D eigenvalue weighted by molar-refractivity contribution is 0.102. The number of nitrogens with one attached hydrogen (secondary N) is 1. The average molecular weight is 360 g/mol. The van der Waals surface area contributed by atoms with Crippen LogP contribution >= 0.6 is 0 Å². The molecule has 0 unspecified atom stereocenters. The molecule has 2 rings (SSSR count). The van der Waals surface area contributed by atoms with E-state index in [4.69, 9.17) is 0 Å². The summed E-state index contributed by atoms with van der Waals surface area (Å²) < 4.78 is 26.3. The fraction of sp³-hybridized carbons (Fsp3) is 0.316. The molecule has 0 fully saturated rings. The van der Waals surface area contributed by atoms with Gasteiger partial charge in [-0.2, -0.15) is 0 Å². The lowest BCUT2D eigenvalue weighted by Crippen LogP contribution is -2.28. The SMILES string of the molecule is CCCCN(C)S(=O)(=O)c1ccc(C(=O)Nc2ccc(C)cc2)cc1. The number of anilines is 1. The van der Waals surface area contributed by atoms with Crippen LogP contribution in [0, 0.1) is 6.92 Å². The molecule has 1 amide bonds. The lowest BCUT2D eigenvalue weighted by Gasteiger charge is -2.17. The van der Waals surface area contributed by atoms with E-state index in [1.54, 1.807) is 7.05 Å². The normalized spacial score (nSPS) is 11.5. The van der Waals surface area contributed by atoms with E-state index in [0.717, 1.165) is 18.4 Å². The maximum Gasteiger partial charge on any atom is 0.255 e. The second-order valence-electron chi connectivity index (χ2n) is 6.02. The Hall–Kier alpha value is -2.18. The molecule has 0 saturated carbocycles. The summed E-state index contributed by atoms with van der Waals surface area (Å²) in [7, 11) is -1.94. The number of carbonyl (C=O) groups excluding carboxylic acids is 1. The Balaban J connectivity index is 2.10. The van der Waals surface area contributed by atoms with Crippen molar-refractivity contribution in [3.05, 3.63) is 59.7 Å². The van der Waals surface area contributed by atoms with Gasteiger partial charge in [0.25, 0.3) is 5.91 Å². The van der Waals surface area contributed by atoms with Crippen LogP contribution in [0.3, 0.4) is 0 Å². The van der Waals surface area contributed by atoms with Crippen LogP contribution in [-0.2, 0) is 10.0 Å². The average Bonchev–Trinajstić information content (AvgIpc) is 2.61. The van der Waals surface area contributed by atoms with E-state index < -0.39 is 10.0 Å². The van der Waals surface area contributed by atoms with Crippen LogP contribution in [0.2, 0.25) is 0 Å². The summed E-state index contributed by atoms with van der Waals surface area (Å²) in [5.41, 5.74) is 2.22. The minimum absolute atomic E-state index is 0.193. The minimum Gasteiger partial charge on any atom is -0.322 e. The van der Waals surface area contributed by atoms with Crippen molar-refractivity contribution < 1.29 is 13.2 Å². The van der Waals surface area contributed by atoms with Crippen molar-refractivity contribution in [2.45, 2.75) is 31.6 Å². The van der Waals surface area contributed by atoms with Crippen molar-refractivity contribution in [2.24, 2.45) is 0 Å². The van der Waals surface area contributed by atoms with Gasteiger partial charge in [0.05, 0.1) is 4.90 Å². The van der Waals surface area contributed by atoms with Crippen LogP contribution < -0.4 is 5.32 Å². The summed E-state index contributed by atoms with van der Waals surface area (Å²) >= 11 is 0. The van der Waals surface area contributed by atoms with Gasteiger partial charge < -0.3 is 5.32 Å². The lowest BCUT2D eigenvalue weighted by atomic mass is 10.2. The molecule has 0 heterocycles. The second kappa shape index (κ2) is 8.27. The molecule has 0 bridgehead atoms. The molecule has 5 nitrogen and oxygen atoms in total. The van der Waals surface area contributed by atoms with Gasteiger partial charge in [0, 0.05) is 24.8 Å². The standard InChI is InChI=1S/C19H24N2O3S/c1-4-5-14-21(3)25(23,24)18-12-8-16(9-13-18)19(22)20-17-10-6-15(2)7-11-17/h6-13H,4-5,14H2,1-3H3,(H,20,22). The minimum atomic E-state index is -3.52. The highest BCUT2D eigenvalue weighted by Gasteiger charge is 2.20. The highest BCUT2D eigenvalue weighted by atomic mass is 32.2. The van der Waals surface area contributed by atoms with Gasteiger partial charge in [0.1, 0.15) is 0 Å². The molecule has 134 valence electrons. The fourth-order valence-corrected chi connectivity index (χ4v) is 3.51. The molecule has 0 saturated heterocycles. The highest BCUT2D eigenvalue weighted by Crippen LogP contribution is 2.17. The molecule has 0 radical (unpaired) electrons. The van der Waals surface area contributed by atoms with Crippen LogP contribution in [0.5, 0.6) is 0 Å². The van der Waals surface area contributed by atoms with Gasteiger partial charge in [-0.15, -0.1) is 0 Å². The summed E-state index contributed by atoms with van der Waals surface area (Å²) in [5, 5.41) is 2.80. The van der Waals surface area contributed by atoms with E-state index >= 15 is 0 Å². The van der Waals surface area contributed by atoms with E-state index in [1.807, 2.05) is 38.1 Å². The van der Waals surface area contributed by atoms with Crippen molar-refractivity contribution in [3.8, 4) is 0 Å². The zero-order valence-electron chi connectivity index (χ0n) is 14.8. The van der Waals surface area contributed by atoms with Gasteiger partial charge in [0.15, 0.2) is 0 Å². The summed E-state index contributed by atoms with van der Waals surface area (Å²) in [6.07, 6.45) is 1.74. The Morgan fingerprint density at radius 3 is 2.20 bits per heavy atom. The molecule has 1 N–H and O–H groups in total. The fourth-order valence-electron chi connectivity index (χ4n) is 2.30. The largest absolute Gasteiger partial charge is 0.322 e. The number of carbonyl (C=O) groups is 1. The van der Waals surface area contributed by atoms with Crippen molar-refractivity contribution >= 4 is 21.6 Å². The Bertz CT molecular complexity index is 813. The number of rotatable bonds is 7. The number of sulfonamides is 1.